The molecule has 92 valence electrons. The van der Waals surface area contributed by atoms with E-state index in [-0.39, 0.29) is 11.9 Å². The molecule has 2 N–H and O–H groups in total. The molecular formula is C9H22N2O3S. The first-order valence-electron chi connectivity index (χ1n) is 5.15. The van der Waals surface area contributed by atoms with Crippen molar-refractivity contribution in [3.05, 3.63) is 0 Å². The van der Waals surface area contributed by atoms with Gasteiger partial charge in [0.2, 0.25) is 10.0 Å². The number of sulfonamides is 1. The summed E-state index contributed by atoms with van der Waals surface area (Å²) in [5.74, 6) is 0.155. The normalized spacial score (nSPS) is 14.5. The second-order valence-corrected chi connectivity index (χ2v) is 5.86. The Balaban J connectivity index is 3.59. The van der Waals surface area contributed by atoms with Gasteiger partial charge in [-0.2, -0.15) is 0 Å². The number of rotatable bonds is 8. The third kappa shape index (κ3) is 8.80. The Morgan fingerprint density at radius 3 is 2.47 bits per heavy atom. The Labute approximate surface area is 92.5 Å². The smallest absolute Gasteiger partial charge is 0.211 e. The molecule has 1 unspecified atom stereocenters. The zero-order valence-corrected chi connectivity index (χ0v) is 10.5. The highest BCUT2D eigenvalue weighted by molar-refractivity contribution is 7.89. The average Bonchev–Trinajstić information content (AvgIpc) is 2.14. The Kier molecular flexibility index (Phi) is 7.08. The molecule has 0 saturated carbocycles. The van der Waals surface area contributed by atoms with Crippen LogP contribution < -0.4 is 4.72 Å². The van der Waals surface area contributed by atoms with Crippen LogP contribution in [0.1, 0.15) is 19.8 Å². The van der Waals surface area contributed by atoms with Gasteiger partial charge in [0.25, 0.3) is 0 Å². The largest absolute Gasteiger partial charge is 0.393 e. The summed E-state index contributed by atoms with van der Waals surface area (Å²) in [6, 6.07) is 0. The van der Waals surface area contributed by atoms with Crippen molar-refractivity contribution >= 4 is 10.0 Å². The lowest BCUT2D eigenvalue weighted by Crippen LogP contribution is -2.27. The number of nitrogens with one attached hydrogen (secondary N) is 1. The van der Waals surface area contributed by atoms with Crippen LogP contribution >= 0.6 is 0 Å². The van der Waals surface area contributed by atoms with Crippen LogP contribution in [0.4, 0.5) is 0 Å². The molecule has 0 fully saturated rings. The zero-order valence-electron chi connectivity index (χ0n) is 9.73. The Morgan fingerprint density at radius 1 is 1.40 bits per heavy atom. The van der Waals surface area contributed by atoms with Crippen molar-refractivity contribution in [3.8, 4) is 0 Å². The molecule has 0 aromatic rings. The van der Waals surface area contributed by atoms with Crippen LogP contribution in [-0.2, 0) is 10.0 Å². The zero-order chi connectivity index (χ0) is 11.9. The molecular weight excluding hydrogens is 216 g/mol. The van der Waals surface area contributed by atoms with E-state index < -0.39 is 10.0 Å². The third-order valence-corrected chi connectivity index (χ3v) is 3.64. The summed E-state index contributed by atoms with van der Waals surface area (Å²) in [5.41, 5.74) is 0. The van der Waals surface area contributed by atoms with E-state index in [1.807, 2.05) is 11.9 Å². The standard InChI is InChI=1S/C9H22N2O3S/c1-9(12)5-7-11(3)6-4-8-15(13,14)10-2/h9-10,12H,4-8H2,1-3H3. The number of hydrogen-bond acceptors (Lipinski definition) is 4. The van der Waals surface area contributed by atoms with E-state index in [1.165, 1.54) is 7.05 Å². The Hall–Kier alpha value is -0.170. The number of aliphatic hydroxyl groups excluding tert-OH is 1. The molecule has 0 aliphatic rings. The molecule has 0 amide bonds. The van der Waals surface area contributed by atoms with Crippen molar-refractivity contribution in [2.24, 2.45) is 0 Å². The van der Waals surface area contributed by atoms with E-state index >= 15 is 0 Å². The molecule has 0 aliphatic heterocycles. The highest BCUT2D eigenvalue weighted by Gasteiger charge is 2.07. The minimum atomic E-state index is -3.07. The van der Waals surface area contributed by atoms with Gasteiger partial charge in [-0.15, -0.1) is 0 Å². The average molecular weight is 238 g/mol. The first kappa shape index (κ1) is 14.8. The number of aliphatic hydroxyl groups is 1. The Morgan fingerprint density at radius 2 is 2.00 bits per heavy atom. The lowest BCUT2D eigenvalue weighted by Gasteiger charge is -2.17. The van der Waals surface area contributed by atoms with Crippen LogP contribution in [0.3, 0.4) is 0 Å². The summed E-state index contributed by atoms with van der Waals surface area (Å²) >= 11 is 0. The summed E-state index contributed by atoms with van der Waals surface area (Å²) in [6.07, 6.45) is 1.03. The molecule has 0 aromatic carbocycles. The molecule has 1 atom stereocenters. The number of nitrogens with zero attached hydrogens (tertiary/aromatic N) is 1. The van der Waals surface area contributed by atoms with Crippen molar-refractivity contribution in [2.75, 3.05) is 32.9 Å². The molecule has 0 saturated heterocycles. The van der Waals surface area contributed by atoms with Crippen molar-refractivity contribution < 1.29 is 13.5 Å². The van der Waals surface area contributed by atoms with Gasteiger partial charge in [0.1, 0.15) is 0 Å². The van der Waals surface area contributed by atoms with E-state index in [0.717, 1.165) is 19.5 Å². The van der Waals surface area contributed by atoms with Gasteiger partial charge in [0, 0.05) is 6.54 Å². The second kappa shape index (κ2) is 7.16. The van der Waals surface area contributed by atoms with Gasteiger partial charge in [-0.25, -0.2) is 13.1 Å². The lowest BCUT2D eigenvalue weighted by atomic mass is 10.3. The maximum absolute atomic E-state index is 11.1. The van der Waals surface area contributed by atoms with Crippen LogP contribution in [0, 0.1) is 0 Å². The molecule has 6 heteroatoms. The highest BCUT2D eigenvalue weighted by atomic mass is 32.2. The fourth-order valence-electron chi connectivity index (χ4n) is 1.15. The fraction of sp³-hybridized carbons (Fsp3) is 1.00. The lowest BCUT2D eigenvalue weighted by molar-refractivity contribution is 0.164. The third-order valence-electron chi connectivity index (χ3n) is 2.19. The van der Waals surface area contributed by atoms with Gasteiger partial charge in [0.15, 0.2) is 0 Å². The second-order valence-electron chi connectivity index (χ2n) is 3.82. The van der Waals surface area contributed by atoms with Gasteiger partial charge in [-0.05, 0) is 40.4 Å². The Bertz CT molecular complexity index is 252. The van der Waals surface area contributed by atoms with Gasteiger partial charge in [0.05, 0.1) is 11.9 Å². The summed E-state index contributed by atoms with van der Waals surface area (Å²) in [6.45, 7) is 3.27. The molecule has 0 aromatic heterocycles. The minimum Gasteiger partial charge on any atom is -0.393 e. The van der Waals surface area contributed by atoms with Gasteiger partial charge in [-0.1, -0.05) is 0 Å². The molecule has 0 bridgehead atoms. The van der Waals surface area contributed by atoms with E-state index in [1.54, 1.807) is 6.92 Å². The molecule has 15 heavy (non-hydrogen) atoms. The van der Waals surface area contributed by atoms with Crippen LogP contribution in [0.15, 0.2) is 0 Å². The molecule has 0 rings (SSSR count). The van der Waals surface area contributed by atoms with Crippen molar-refractivity contribution in [2.45, 2.75) is 25.9 Å². The maximum atomic E-state index is 11.1. The first-order chi connectivity index (χ1) is 6.87. The topological polar surface area (TPSA) is 69.6 Å². The van der Waals surface area contributed by atoms with E-state index in [4.69, 9.17) is 5.11 Å². The summed E-state index contributed by atoms with van der Waals surface area (Å²) < 4.78 is 24.4. The van der Waals surface area contributed by atoms with Crippen LogP contribution in [-0.4, -0.2) is 57.5 Å². The molecule has 0 aliphatic carbocycles. The van der Waals surface area contributed by atoms with Crippen LogP contribution in [0.2, 0.25) is 0 Å². The molecule has 0 heterocycles. The van der Waals surface area contributed by atoms with Gasteiger partial charge >= 0.3 is 0 Å². The summed E-state index contributed by atoms with van der Waals surface area (Å²) in [4.78, 5) is 2.03. The van der Waals surface area contributed by atoms with Gasteiger partial charge in [-0.3, -0.25) is 0 Å². The van der Waals surface area contributed by atoms with Crippen LogP contribution in [0.25, 0.3) is 0 Å². The van der Waals surface area contributed by atoms with Crippen molar-refractivity contribution in [1.29, 1.82) is 0 Å². The minimum absolute atomic E-state index is 0.155. The molecule has 0 spiro atoms. The summed E-state index contributed by atoms with van der Waals surface area (Å²) in [7, 11) is 0.276. The van der Waals surface area contributed by atoms with E-state index in [0.29, 0.717) is 6.42 Å². The van der Waals surface area contributed by atoms with Crippen molar-refractivity contribution in [1.82, 2.24) is 9.62 Å². The van der Waals surface area contributed by atoms with Crippen molar-refractivity contribution in [3.63, 3.8) is 0 Å². The van der Waals surface area contributed by atoms with Gasteiger partial charge < -0.3 is 10.0 Å². The predicted molar refractivity (Wildman–Crippen MR) is 61.3 cm³/mol. The van der Waals surface area contributed by atoms with E-state index in [9.17, 15) is 8.42 Å². The monoisotopic (exact) mass is 238 g/mol. The predicted octanol–water partition coefficient (Wildman–Crippen LogP) is -0.372. The number of hydrogen-bond donors (Lipinski definition) is 2. The SMILES string of the molecule is CNS(=O)(=O)CCCN(C)CCC(C)O. The maximum Gasteiger partial charge on any atom is 0.211 e. The molecule has 5 nitrogen and oxygen atoms in total. The highest BCUT2D eigenvalue weighted by Crippen LogP contribution is 1.96. The summed E-state index contributed by atoms with van der Waals surface area (Å²) in [5, 5.41) is 9.06. The van der Waals surface area contributed by atoms with Crippen LogP contribution in [0.5, 0.6) is 0 Å². The quantitative estimate of drug-likeness (QED) is 0.605. The molecule has 0 radical (unpaired) electrons. The fourth-order valence-corrected chi connectivity index (χ4v) is 1.86. The first-order valence-corrected chi connectivity index (χ1v) is 6.80. The van der Waals surface area contributed by atoms with E-state index in [2.05, 4.69) is 4.72 Å².